The highest BCUT2D eigenvalue weighted by atomic mass is 16.3. The molecule has 0 bridgehead atoms. The Morgan fingerprint density at radius 1 is 1.41 bits per heavy atom. The summed E-state index contributed by atoms with van der Waals surface area (Å²) in [5, 5.41) is 7.72. The fourth-order valence-corrected chi connectivity index (χ4v) is 1.66. The van der Waals surface area contributed by atoms with E-state index in [-0.39, 0.29) is 6.04 Å². The first-order valence-electron chi connectivity index (χ1n) is 5.96. The Morgan fingerprint density at radius 3 is 2.82 bits per heavy atom. The second-order valence-electron chi connectivity index (χ2n) is 4.54. The molecule has 0 aliphatic rings. The van der Waals surface area contributed by atoms with Crippen molar-refractivity contribution in [2.45, 2.75) is 39.4 Å². The maximum atomic E-state index is 5.34. The van der Waals surface area contributed by atoms with E-state index in [1.165, 1.54) is 5.56 Å². The van der Waals surface area contributed by atoms with E-state index in [2.05, 4.69) is 37.4 Å². The molecular formula is C13H19N3O. The molecule has 4 heteroatoms. The van der Waals surface area contributed by atoms with Gasteiger partial charge in [0.25, 0.3) is 0 Å². The third-order valence-electron chi connectivity index (χ3n) is 2.77. The van der Waals surface area contributed by atoms with Gasteiger partial charge in [-0.2, -0.15) is 5.10 Å². The van der Waals surface area contributed by atoms with Gasteiger partial charge in [-0.15, -0.1) is 0 Å². The fraction of sp³-hybridized carbons (Fsp3) is 0.462. The van der Waals surface area contributed by atoms with E-state index in [1.807, 2.05) is 23.0 Å². The summed E-state index contributed by atoms with van der Waals surface area (Å²) in [4.78, 5) is 0. The molecular weight excluding hydrogens is 214 g/mol. The van der Waals surface area contributed by atoms with Crippen LogP contribution in [0.5, 0.6) is 0 Å². The Labute approximate surface area is 102 Å². The van der Waals surface area contributed by atoms with E-state index in [0.717, 1.165) is 12.3 Å². The van der Waals surface area contributed by atoms with E-state index in [4.69, 9.17) is 4.42 Å². The molecule has 92 valence electrons. The van der Waals surface area contributed by atoms with Gasteiger partial charge in [0.1, 0.15) is 5.76 Å². The Morgan fingerprint density at radius 2 is 2.24 bits per heavy atom. The molecule has 1 N–H and O–H groups in total. The number of furan rings is 1. The van der Waals surface area contributed by atoms with Crippen LogP contribution in [-0.4, -0.2) is 9.78 Å². The predicted molar refractivity (Wildman–Crippen MR) is 66.6 cm³/mol. The number of rotatable bonds is 5. The van der Waals surface area contributed by atoms with Crippen LogP contribution >= 0.6 is 0 Å². The summed E-state index contributed by atoms with van der Waals surface area (Å²) in [6.45, 7) is 7.13. The molecule has 0 aliphatic heterocycles. The maximum absolute atomic E-state index is 5.34. The first kappa shape index (κ1) is 11.9. The van der Waals surface area contributed by atoms with Crippen LogP contribution in [0.4, 0.5) is 0 Å². The minimum Gasteiger partial charge on any atom is -0.468 e. The van der Waals surface area contributed by atoms with Crippen molar-refractivity contribution >= 4 is 0 Å². The molecule has 0 radical (unpaired) electrons. The van der Waals surface area contributed by atoms with Gasteiger partial charge in [-0.05, 0) is 32.9 Å². The van der Waals surface area contributed by atoms with Gasteiger partial charge in [0.2, 0.25) is 0 Å². The molecule has 0 unspecified atom stereocenters. The second kappa shape index (κ2) is 5.19. The molecule has 1 atom stereocenters. The monoisotopic (exact) mass is 233 g/mol. The first-order chi connectivity index (χ1) is 8.16. The lowest BCUT2D eigenvalue weighted by Crippen LogP contribution is -2.17. The highest BCUT2D eigenvalue weighted by molar-refractivity contribution is 5.07. The molecule has 0 saturated heterocycles. The summed E-state index contributed by atoms with van der Waals surface area (Å²) in [5.74, 6) is 0.959. The van der Waals surface area contributed by atoms with Gasteiger partial charge in [-0.25, -0.2) is 0 Å². The van der Waals surface area contributed by atoms with E-state index in [0.29, 0.717) is 6.04 Å². The summed E-state index contributed by atoms with van der Waals surface area (Å²) < 4.78 is 7.31. The van der Waals surface area contributed by atoms with Crippen molar-refractivity contribution in [3.05, 3.63) is 42.1 Å². The summed E-state index contributed by atoms with van der Waals surface area (Å²) in [6, 6.07) is 4.51. The van der Waals surface area contributed by atoms with Crippen LogP contribution in [-0.2, 0) is 6.54 Å². The lowest BCUT2D eigenvalue weighted by molar-refractivity contribution is 0.430. The molecule has 2 rings (SSSR count). The van der Waals surface area contributed by atoms with Crippen LogP contribution in [0.25, 0.3) is 0 Å². The number of hydrogen-bond acceptors (Lipinski definition) is 3. The molecule has 0 fully saturated rings. The lowest BCUT2D eigenvalue weighted by Gasteiger charge is -2.09. The van der Waals surface area contributed by atoms with Crippen LogP contribution in [0.2, 0.25) is 0 Å². The normalized spacial score (nSPS) is 13.2. The second-order valence-corrected chi connectivity index (χ2v) is 4.54. The van der Waals surface area contributed by atoms with E-state index >= 15 is 0 Å². The predicted octanol–water partition coefficient (Wildman–Crippen LogP) is 2.91. The van der Waals surface area contributed by atoms with Crippen molar-refractivity contribution in [1.82, 2.24) is 15.1 Å². The van der Waals surface area contributed by atoms with Gasteiger partial charge in [0.15, 0.2) is 0 Å². The van der Waals surface area contributed by atoms with Crippen molar-refractivity contribution in [2.24, 2.45) is 0 Å². The number of aromatic nitrogens is 2. The van der Waals surface area contributed by atoms with Gasteiger partial charge in [0.05, 0.1) is 18.5 Å². The van der Waals surface area contributed by atoms with Gasteiger partial charge < -0.3 is 9.73 Å². The average Bonchev–Trinajstić information content (AvgIpc) is 2.97. The molecule has 0 aliphatic carbocycles. The Bertz CT molecular complexity index is 445. The summed E-state index contributed by atoms with van der Waals surface area (Å²) in [7, 11) is 0. The maximum Gasteiger partial charge on any atom is 0.120 e. The molecule has 2 heterocycles. The lowest BCUT2D eigenvalue weighted by atomic mass is 10.2. The van der Waals surface area contributed by atoms with Crippen molar-refractivity contribution < 1.29 is 4.42 Å². The minimum absolute atomic E-state index is 0.215. The zero-order chi connectivity index (χ0) is 12.3. The largest absolute Gasteiger partial charge is 0.468 e. The molecule has 0 aromatic carbocycles. The topological polar surface area (TPSA) is 43.0 Å². The van der Waals surface area contributed by atoms with Crippen molar-refractivity contribution in [3.8, 4) is 0 Å². The molecule has 4 nitrogen and oxygen atoms in total. The summed E-state index contributed by atoms with van der Waals surface area (Å²) in [6.07, 6.45) is 5.68. The van der Waals surface area contributed by atoms with Gasteiger partial charge in [0, 0.05) is 24.3 Å². The number of nitrogens with zero attached hydrogens (tertiary/aromatic N) is 2. The van der Waals surface area contributed by atoms with E-state index in [1.54, 1.807) is 6.26 Å². The standard InChI is InChI=1S/C13H19N3O/c1-10(2)16-9-12(8-15-16)7-14-11(3)13-5-4-6-17-13/h4-6,8-11,14H,7H2,1-3H3/t11-/m1/s1. The SMILES string of the molecule is CC(C)n1cc(CN[C@H](C)c2ccco2)cn1. The molecule has 0 saturated carbocycles. The zero-order valence-corrected chi connectivity index (χ0v) is 10.6. The Hall–Kier alpha value is -1.55. The smallest absolute Gasteiger partial charge is 0.120 e. The minimum atomic E-state index is 0.215. The highest BCUT2D eigenvalue weighted by Crippen LogP contribution is 2.13. The molecule has 2 aromatic heterocycles. The van der Waals surface area contributed by atoms with Crippen LogP contribution in [0.3, 0.4) is 0 Å². The quantitative estimate of drug-likeness (QED) is 0.863. The van der Waals surface area contributed by atoms with Crippen LogP contribution < -0.4 is 5.32 Å². The third-order valence-corrected chi connectivity index (χ3v) is 2.77. The van der Waals surface area contributed by atoms with E-state index in [9.17, 15) is 0 Å². The van der Waals surface area contributed by atoms with Crippen LogP contribution in [0.1, 0.15) is 44.2 Å². The average molecular weight is 233 g/mol. The third kappa shape index (κ3) is 2.97. The molecule has 0 spiro atoms. The molecule has 0 amide bonds. The van der Waals surface area contributed by atoms with Gasteiger partial charge >= 0.3 is 0 Å². The highest BCUT2D eigenvalue weighted by Gasteiger charge is 2.08. The summed E-state index contributed by atoms with van der Waals surface area (Å²) >= 11 is 0. The van der Waals surface area contributed by atoms with Crippen LogP contribution in [0, 0.1) is 0 Å². The molecule has 2 aromatic rings. The van der Waals surface area contributed by atoms with Crippen molar-refractivity contribution in [2.75, 3.05) is 0 Å². The van der Waals surface area contributed by atoms with E-state index < -0.39 is 0 Å². The first-order valence-corrected chi connectivity index (χ1v) is 5.96. The van der Waals surface area contributed by atoms with Gasteiger partial charge in [-0.1, -0.05) is 0 Å². The fourth-order valence-electron chi connectivity index (χ4n) is 1.66. The van der Waals surface area contributed by atoms with Crippen LogP contribution in [0.15, 0.2) is 35.2 Å². The number of nitrogens with one attached hydrogen (secondary N) is 1. The Kier molecular flexibility index (Phi) is 3.64. The number of hydrogen-bond donors (Lipinski definition) is 1. The zero-order valence-electron chi connectivity index (χ0n) is 10.6. The Balaban J connectivity index is 1.89. The van der Waals surface area contributed by atoms with Crippen molar-refractivity contribution in [1.29, 1.82) is 0 Å². The van der Waals surface area contributed by atoms with Gasteiger partial charge in [-0.3, -0.25) is 4.68 Å². The summed E-state index contributed by atoms with van der Waals surface area (Å²) in [5.41, 5.74) is 1.19. The molecule has 17 heavy (non-hydrogen) atoms. The van der Waals surface area contributed by atoms with Crippen molar-refractivity contribution in [3.63, 3.8) is 0 Å².